The molecule has 8 nitrogen and oxygen atoms in total. The number of aryl methyl sites for hydroxylation is 3. The van der Waals surface area contributed by atoms with Gasteiger partial charge in [-0.3, -0.25) is 10.1 Å². The second-order valence-corrected chi connectivity index (χ2v) is 8.88. The first-order valence-electron chi connectivity index (χ1n) is 11.7. The van der Waals surface area contributed by atoms with Gasteiger partial charge in [-0.25, -0.2) is 19.3 Å². The molecule has 170 valence electrons. The lowest BCUT2D eigenvalue weighted by Gasteiger charge is -2.08. The van der Waals surface area contributed by atoms with Gasteiger partial charge in [-0.2, -0.15) is 5.10 Å². The third-order valence-corrected chi connectivity index (χ3v) is 6.22. The smallest absolute Gasteiger partial charge is 0.258 e. The molecule has 5 rings (SSSR count). The summed E-state index contributed by atoms with van der Waals surface area (Å²) in [5, 5.41) is 12.9. The Morgan fingerprint density at radius 1 is 1.18 bits per heavy atom. The number of hydrogen-bond acceptors (Lipinski definition) is 5. The Labute approximate surface area is 193 Å². The van der Waals surface area contributed by atoms with Gasteiger partial charge in [0, 0.05) is 18.2 Å². The Balaban J connectivity index is 1.43. The van der Waals surface area contributed by atoms with E-state index < -0.39 is 0 Å². The van der Waals surface area contributed by atoms with Gasteiger partial charge in [0.2, 0.25) is 5.95 Å². The second kappa shape index (κ2) is 8.77. The van der Waals surface area contributed by atoms with E-state index in [0.29, 0.717) is 24.0 Å². The van der Waals surface area contributed by atoms with Crippen LogP contribution in [-0.4, -0.2) is 35.4 Å². The molecule has 33 heavy (non-hydrogen) atoms. The summed E-state index contributed by atoms with van der Waals surface area (Å²) in [5.74, 6) is 0.501. The normalized spacial score (nSPS) is 13.5. The number of hydrogen-bond donors (Lipinski definition) is 1. The van der Waals surface area contributed by atoms with Crippen LogP contribution in [-0.2, 0) is 13.1 Å². The zero-order valence-corrected chi connectivity index (χ0v) is 19.4. The molecule has 0 unspecified atom stereocenters. The summed E-state index contributed by atoms with van der Waals surface area (Å²) in [6.07, 6.45) is 5.98. The molecule has 0 spiro atoms. The Hall–Kier alpha value is -3.55. The molecule has 0 atom stereocenters. The highest BCUT2D eigenvalue weighted by Crippen LogP contribution is 2.40. The molecule has 1 saturated carbocycles. The molecule has 1 aliphatic carbocycles. The maximum atomic E-state index is 13.4. The summed E-state index contributed by atoms with van der Waals surface area (Å²) in [4.78, 5) is 22.6. The first-order valence-corrected chi connectivity index (χ1v) is 11.7. The first-order chi connectivity index (χ1) is 16.0. The van der Waals surface area contributed by atoms with Crippen molar-refractivity contribution < 1.29 is 4.79 Å². The number of benzene rings is 1. The van der Waals surface area contributed by atoms with Crippen molar-refractivity contribution in [2.45, 2.75) is 65.5 Å². The lowest BCUT2D eigenvalue weighted by molar-refractivity contribution is 0.102. The lowest BCUT2D eigenvalue weighted by atomic mass is 10.1. The van der Waals surface area contributed by atoms with E-state index in [9.17, 15) is 4.79 Å². The van der Waals surface area contributed by atoms with E-state index in [0.717, 1.165) is 54.6 Å². The maximum Gasteiger partial charge on any atom is 0.258 e. The third-order valence-electron chi connectivity index (χ3n) is 6.22. The van der Waals surface area contributed by atoms with Gasteiger partial charge in [0.05, 0.1) is 23.2 Å². The Morgan fingerprint density at radius 3 is 2.76 bits per heavy atom. The fourth-order valence-electron chi connectivity index (χ4n) is 4.16. The highest BCUT2D eigenvalue weighted by molar-refractivity contribution is 6.12. The molecule has 3 aromatic heterocycles. The summed E-state index contributed by atoms with van der Waals surface area (Å²) in [7, 11) is 0. The number of aromatic nitrogens is 6. The van der Waals surface area contributed by atoms with Crippen LogP contribution in [0.1, 0.15) is 71.4 Å². The Kier molecular flexibility index (Phi) is 5.66. The second-order valence-electron chi connectivity index (χ2n) is 8.88. The number of carbonyl (C=O) groups is 1. The van der Waals surface area contributed by atoms with Crippen LogP contribution in [0.15, 0.2) is 36.7 Å². The number of unbranched alkanes of at least 4 members (excludes halogenated alkanes) is 1. The number of fused-ring (bicyclic) bond motifs is 1. The molecule has 0 saturated heterocycles. The summed E-state index contributed by atoms with van der Waals surface area (Å²) in [6.45, 7) is 7.57. The SMILES string of the molecule is CCCCn1nc(C)c2c(C(=O)Nc3ncn(Cc4ccccc4C)n3)cc(C3CC3)nc21. The van der Waals surface area contributed by atoms with E-state index in [-0.39, 0.29) is 5.91 Å². The molecule has 4 aromatic rings. The molecular formula is C25H29N7O. The fraction of sp³-hybridized carbons (Fsp3) is 0.400. The van der Waals surface area contributed by atoms with Crippen LogP contribution in [0.5, 0.6) is 0 Å². The topological polar surface area (TPSA) is 90.5 Å². The highest BCUT2D eigenvalue weighted by Gasteiger charge is 2.29. The van der Waals surface area contributed by atoms with Gasteiger partial charge in [0.15, 0.2) is 5.65 Å². The number of nitrogens with one attached hydrogen (secondary N) is 1. The zero-order chi connectivity index (χ0) is 22.9. The fourth-order valence-corrected chi connectivity index (χ4v) is 4.16. The van der Waals surface area contributed by atoms with Crippen LogP contribution >= 0.6 is 0 Å². The molecular weight excluding hydrogens is 414 g/mol. The Bertz CT molecular complexity index is 1320. The van der Waals surface area contributed by atoms with Crippen molar-refractivity contribution in [1.29, 1.82) is 0 Å². The summed E-state index contributed by atoms with van der Waals surface area (Å²) in [5.41, 5.74) is 5.55. The van der Waals surface area contributed by atoms with E-state index in [2.05, 4.69) is 41.4 Å². The van der Waals surface area contributed by atoms with Gasteiger partial charge in [-0.15, -0.1) is 5.10 Å². The van der Waals surface area contributed by atoms with Crippen LogP contribution in [0.4, 0.5) is 5.95 Å². The zero-order valence-electron chi connectivity index (χ0n) is 19.4. The van der Waals surface area contributed by atoms with Crippen LogP contribution in [0.25, 0.3) is 11.0 Å². The summed E-state index contributed by atoms with van der Waals surface area (Å²) in [6, 6.07) is 10.1. The van der Waals surface area contributed by atoms with E-state index in [1.807, 2.05) is 29.8 Å². The standard InChI is InChI=1S/C25H29N7O/c1-4-5-12-32-23-22(17(3)29-32)20(13-21(27-23)18-10-11-18)24(33)28-25-26-15-31(30-25)14-19-9-7-6-8-16(19)2/h6-9,13,15,18H,4-5,10-12,14H2,1-3H3,(H,28,30,33). The quantitative estimate of drug-likeness (QED) is 0.429. The van der Waals surface area contributed by atoms with Crippen LogP contribution < -0.4 is 5.32 Å². The molecule has 1 amide bonds. The number of pyridine rings is 1. The molecule has 1 N–H and O–H groups in total. The number of rotatable bonds is 8. The molecule has 1 fully saturated rings. The van der Waals surface area contributed by atoms with E-state index in [4.69, 9.17) is 10.1 Å². The van der Waals surface area contributed by atoms with Gasteiger partial charge in [-0.1, -0.05) is 37.6 Å². The Morgan fingerprint density at radius 2 is 2.00 bits per heavy atom. The van der Waals surface area contributed by atoms with Crippen molar-refractivity contribution in [1.82, 2.24) is 29.5 Å². The molecule has 1 aromatic carbocycles. The minimum Gasteiger partial charge on any atom is -0.289 e. The van der Waals surface area contributed by atoms with Gasteiger partial charge >= 0.3 is 0 Å². The number of amides is 1. The predicted molar refractivity (Wildman–Crippen MR) is 127 cm³/mol. The summed E-state index contributed by atoms with van der Waals surface area (Å²) >= 11 is 0. The minimum atomic E-state index is -0.226. The first kappa shape index (κ1) is 21.3. The van der Waals surface area contributed by atoms with Crippen molar-refractivity contribution in [3.05, 3.63) is 64.7 Å². The minimum absolute atomic E-state index is 0.226. The average Bonchev–Trinajstić information content (AvgIpc) is 3.50. The summed E-state index contributed by atoms with van der Waals surface area (Å²) < 4.78 is 3.69. The van der Waals surface area contributed by atoms with Crippen LogP contribution in [0.3, 0.4) is 0 Å². The van der Waals surface area contributed by atoms with E-state index >= 15 is 0 Å². The van der Waals surface area contributed by atoms with E-state index in [1.165, 1.54) is 11.1 Å². The van der Waals surface area contributed by atoms with E-state index in [1.54, 1.807) is 11.0 Å². The molecule has 8 heteroatoms. The van der Waals surface area contributed by atoms with Gasteiger partial charge in [0.25, 0.3) is 5.91 Å². The van der Waals surface area contributed by atoms with Crippen LogP contribution in [0.2, 0.25) is 0 Å². The number of nitrogens with zero attached hydrogens (tertiary/aromatic N) is 6. The van der Waals surface area contributed by atoms with Gasteiger partial charge < -0.3 is 0 Å². The maximum absolute atomic E-state index is 13.4. The number of carbonyl (C=O) groups excluding carboxylic acids is 1. The highest BCUT2D eigenvalue weighted by atomic mass is 16.1. The third kappa shape index (κ3) is 4.37. The van der Waals surface area contributed by atoms with Crippen molar-refractivity contribution >= 4 is 22.9 Å². The van der Waals surface area contributed by atoms with Crippen molar-refractivity contribution in [3.63, 3.8) is 0 Å². The van der Waals surface area contributed by atoms with Crippen molar-refractivity contribution in [2.24, 2.45) is 0 Å². The van der Waals surface area contributed by atoms with Gasteiger partial charge in [0.1, 0.15) is 6.33 Å². The molecule has 0 aliphatic heterocycles. The lowest BCUT2D eigenvalue weighted by Crippen LogP contribution is -2.15. The van der Waals surface area contributed by atoms with Crippen molar-refractivity contribution in [2.75, 3.05) is 5.32 Å². The van der Waals surface area contributed by atoms with Crippen molar-refractivity contribution in [3.8, 4) is 0 Å². The molecule has 3 heterocycles. The van der Waals surface area contributed by atoms with Crippen LogP contribution in [0, 0.1) is 13.8 Å². The van der Waals surface area contributed by atoms with Gasteiger partial charge in [-0.05, 0) is 50.3 Å². The molecule has 1 aliphatic rings. The molecule has 0 bridgehead atoms. The monoisotopic (exact) mass is 443 g/mol. The molecule has 0 radical (unpaired) electrons. The largest absolute Gasteiger partial charge is 0.289 e. The average molecular weight is 444 g/mol. The predicted octanol–water partition coefficient (Wildman–Crippen LogP) is 4.62. The number of anilines is 1.